The molecule has 0 unspecified atom stereocenters. The minimum atomic E-state index is -4.66. The van der Waals surface area contributed by atoms with Crippen molar-refractivity contribution in [3.05, 3.63) is 84.6 Å². The summed E-state index contributed by atoms with van der Waals surface area (Å²) in [4.78, 5) is 18.0. The highest BCUT2D eigenvalue weighted by Crippen LogP contribution is 2.50. The predicted molar refractivity (Wildman–Crippen MR) is 211 cm³/mol. The van der Waals surface area contributed by atoms with Gasteiger partial charge in [-0.3, -0.25) is 0 Å². The van der Waals surface area contributed by atoms with Crippen molar-refractivity contribution in [1.82, 2.24) is 19.8 Å². The van der Waals surface area contributed by atoms with Crippen LogP contribution in [-0.2, 0) is 0 Å². The third-order valence-corrected chi connectivity index (χ3v) is 14.1. The highest BCUT2D eigenvalue weighted by atomic mass is 19.4. The Morgan fingerprint density at radius 2 is 0.933 bits per heavy atom. The quantitative estimate of drug-likeness (QED) is 0.160. The number of nitrogens with zero attached hydrogens (tertiary/aromatic N) is 6. The van der Waals surface area contributed by atoms with Gasteiger partial charge in [-0.05, 0) is 125 Å². The molecule has 6 fully saturated rings. The van der Waals surface area contributed by atoms with Crippen LogP contribution in [0.15, 0.2) is 82.3 Å². The van der Waals surface area contributed by atoms with Crippen LogP contribution in [0.2, 0.25) is 0 Å². The maximum absolute atomic E-state index is 12.7. The Morgan fingerprint density at radius 1 is 0.550 bits per heavy atom. The van der Waals surface area contributed by atoms with Crippen LogP contribution in [0.4, 0.5) is 38.4 Å². The molecule has 324 valence electrons. The number of aromatic nitrogens is 2. The summed E-state index contributed by atoms with van der Waals surface area (Å²) < 4.78 is 95.8. The van der Waals surface area contributed by atoms with Crippen LogP contribution in [0, 0.1) is 10.8 Å². The predicted octanol–water partition coefficient (Wildman–Crippen LogP) is 9.62. The molecule has 10 nitrogen and oxygen atoms in total. The first kappa shape index (κ1) is 40.9. The van der Waals surface area contributed by atoms with Crippen molar-refractivity contribution < 1.29 is 44.7 Å². The largest absolute Gasteiger partial charge is 0.573 e. The summed E-state index contributed by atoms with van der Waals surface area (Å²) in [5.41, 5.74) is 2.09. The van der Waals surface area contributed by atoms with Crippen LogP contribution in [0.5, 0.6) is 11.5 Å². The molecule has 0 N–H and O–H groups in total. The van der Waals surface area contributed by atoms with E-state index in [0.717, 1.165) is 78.0 Å². The summed E-state index contributed by atoms with van der Waals surface area (Å²) in [6.45, 7) is 7.71. The van der Waals surface area contributed by atoms with E-state index >= 15 is 0 Å². The van der Waals surface area contributed by atoms with Crippen LogP contribution in [-0.4, -0.2) is 96.9 Å². The third kappa shape index (κ3) is 9.09. The molecule has 2 atom stereocenters. The normalized spacial score (nSPS) is 24.9. The number of halogens is 6. The minimum Gasteiger partial charge on any atom is -0.432 e. The first-order chi connectivity index (χ1) is 28.8. The molecular weight excluding hydrogens is 791 g/mol. The fourth-order valence-electron chi connectivity index (χ4n) is 11.3. The van der Waals surface area contributed by atoms with E-state index in [4.69, 9.17) is 8.83 Å². The lowest BCUT2D eigenvalue weighted by atomic mass is 9.78. The number of hydrogen-bond donors (Lipinski definition) is 0. The second kappa shape index (κ2) is 16.4. The van der Waals surface area contributed by atoms with Crippen molar-refractivity contribution >= 4 is 12.0 Å². The maximum Gasteiger partial charge on any atom is 0.573 e. The Kier molecular flexibility index (Phi) is 11.2. The van der Waals surface area contributed by atoms with Gasteiger partial charge in [0.2, 0.25) is 0 Å². The molecule has 0 bridgehead atoms. The van der Waals surface area contributed by atoms with E-state index in [1.54, 1.807) is 61.3 Å². The van der Waals surface area contributed by atoms with Crippen molar-refractivity contribution in [3.63, 3.8) is 0 Å². The highest BCUT2D eigenvalue weighted by molar-refractivity contribution is 5.39. The number of para-hydroxylation sites is 2. The molecule has 16 heteroatoms. The monoisotopic (exact) mass is 842 g/mol. The molecular formula is C44H52F6N6O4. The third-order valence-electron chi connectivity index (χ3n) is 14.1. The van der Waals surface area contributed by atoms with Gasteiger partial charge in [0.15, 0.2) is 0 Å². The van der Waals surface area contributed by atoms with Crippen molar-refractivity contribution in [2.75, 3.05) is 62.2 Å². The number of hydrogen-bond acceptors (Lipinski definition) is 10. The van der Waals surface area contributed by atoms with Crippen LogP contribution in [0.25, 0.3) is 0 Å². The zero-order valence-corrected chi connectivity index (χ0v) is 33.5. The number of rotatable bonds is 8. The van der Waals surface area contributed by atoms with E-state index < -0.39 is 12.7 Å². The molecule has 0 radical (unpaired) electrons. The number of oxazole rings is 2. The fourth-order valence-corrected chi connectivity index (χ4v) is 11.3. The van der Waals surface area contributed by atoms with Gasteiger partial charge in [-0.15, -0.1) is 26.3 Å². The average molecular weight is 843 g/mol. The molecule has 4 aliphatic heterocycles. The SMILES string of the molecule is FC(F)(F)Oc1ccccc1C1CCN([C@@H]2CCC3(C2)CN(c2ncco2)C3)CC1.FC(F)(F)Oc1ccccc1C1CCN([C@H]2CCC3(C2)CN(c2ncco2)C3)CC1. The van der Waals surface area contributed by atoms with E-state index in [9.17, 15) is 26.3 Å². The van der Waals surface area contributed by atoms with Crippen LogP contribution in [0.3, 0.4) is 0 Å². The van der Waals surface area contributed by atoms with Crippen molar-refractivity contribution in [2.24, 2.45) is 10.8 Å². The van der Waals surface area contributed by atoms with Crippen LogP contribution < -0.4 is 19.3 Å². The van der Waals surface area contributed by atoms with E-state index in [1.807, 2.05) is 0 Å². The van der Waals surface area contributed by atoms with Gasteiger partial charge >= 0.3 is 12.7 Å². The van der Waals surface area contributed by atoms with Crippen molar-refractivity contribution in [1.29, 1.82) is 0 Å². The van der Waals surface area contributed by atoms with Gasteiger partial charge in [-0.1, -0.05) is 36.4 Å². The molecule has 60 heavy (non-hydrogen) atoms. The van der Waals surface area contributed by atoms with Gasteiger partial charge in [-0.25, -0.2) is 9.97 Å². The molecule has 4 aromatic rings. The first-order valence-electron chi connectivity index (χ1n) is 21.3. The Hall–Kier alpha value is -4.44. The van der Waals surface area contributed by atoms with Gasteiger partial charge in [0.05, 0.1) is 12.4 Å². The number of benzene rings is 2. The number of anilines is 2. The van der Waals surface area contributed by atoms with Gasteiger partial charge in [0.25, 0.3) is 12.0 Å². The fraction of sp³-hybridized carbons (Fsp3) is 0.591. The zero-order chi connectivity index (χ0) is 41.5. The number of piperidine rings is 2. The molecule has 2 saturated carbocycles. The minimum absolute atomic E-state index is 0.0515. The standard InChI is InChI=1S/2C22H26F3N3O2/c2*23-22(24,25)30-19-4-2-1-3-18(19)16-6-10-27(11-7-16)17-5-8-21(13-17)14-28(15-21)20-26-9-12-29-20/h2*1-4,9,12,16-17H,5-8,10-11,13-15H2/t2*17-/m10/s1. The number of alkyl halides is 6. The lowest BCUT2D eigenvalue weighted by Crippen LogP contribution is -2.56. The van der Waals surface area contributed by atoms with E-state index in [1.165, 1.54) is 50.7 Å². The number of ether oxygens (including phenoxy) is 2. The van der Waals surface area contributed by atoms with Gasteiger partial charge in [-0.2, -0.15) is 0 Å². The van der Waals surface area contributed by atoms with Crippen LogP contribution >= 0.6 is 0 Å². The smallest absolute Gasteiger partial charge is 0.432 e. The van der Waals surface area contributed by atoms with E-state index in [-0.39, 0.29) is 23.3 Å². The lowest BCUT2D eigenvalue weighted by molar-refractivity contribution is -0.276. The van der Waals surface area contributed by atoms with Gasteiger partial charge < -0.3 is 37.9 Å². The zero-order valence-electron chi connectivity index (χ0n) is 33.5. The molecule has 2 spiro atoms. The second-order valence-electron chi connectivity index (χ2n) is 17.9. The Morgan fingerprint density at radius 3 is 1.28 bits per heavy atom. The molecule has 2 aliphatic carbocycles. The summed E-state index contributed by atoms with van der Waals surface area (Å²) in [5, 5.41) is 0. The molecule has 4 saturated heterocycles. The lowest BCUT2D eigenvalue weighted by Gasteiger charge is -2.48. The Bertz CT molecular complexity index is 1860. The maximum atomic E-state index is 12.7. The highest BCUT2D eigenvalue weighted by Gasteiger charge is 2.52. The molecule has 2 aromatic heterocycles. The molecule has 2 aromatic carbocycles. The first-order valence-corrected chi connectivity index (χ1v) is 21.3. The van der Waals surface area contributed by atoms with Crippen molar-refractivity contribution in [3.8, 4) is 11.5 Å². The second-order valence-corrected chi connectivity index (χ2v) is 17.9. The summed E-state index contributed by atoms with van der Waals surface area (Å²) in [7, 11) is 0. The Labute approximate surface area is 345 Å². The molecule has 6 heterocycles. The summed E-state index contributed by atoms with van der Waals surface area (Å²) in [6, 6.07) is 15.7. The molecule has 0 amide bonds. The molecule has 10 rings (SSSR count). The van der Waals surface area contributed by atoms with Gasteiger partial charge in [0, 0.05) is 49.1 Å². The van der Waals surface area contributed by atoms with Crippen LogP contribution in [0.1, 0.15) is 87.2 Å². The topological polar surface area (TPSA) is 83.5 Å². The number of likely N-dealkylation sites (tertiary alicyclic amines) is 2. The van der Waals surface area contributed by atoms with Crippen molar-refractivity contribution in [2.45, 2.75) is 101 Å². The summed E-state index contributed by atoms with van der Waals surface area (Å²) >= 11 is 0. The Balaban J connectivity index is 0.000000154. The van der Waals surface area contributed by atoms with E-state index in [0.29, 0.717) is 46.1 Å². The van der Waals surface area contributed by atoms with Gasteiger partial charge in [0.1, 0.15) is 24.0 Å². The van der Waals surface area contributed by atoms with E-state index in [2.05, 4.69) is 39.0 Å². The molecule has 6 aliphatic rings. The summed E-state index contributed by atoms with van der Waals surface area (Å²) in [6.07, 6.45) is 7.92. The average Bonchev–Trinajstić information content (AvgIpc) is 4.04. The summed E-state index contributed by atoms with van der Waals surface area (Å²) in [5.74, 6) is 0.118.